The first-order valence-electron chi connectivity index (χ1n) is 6.34. The molecule has 0 aromatic rings. The Labute approximate surface area is 110 Å². The first-order valence-corrected chi connectivity index (χ1v) is 6.34. The van der Waals surface area contributed by atoms with E-state index in [2.05, 4.69) is 37.1 Å². The molecule has 0 unspecified atom stereocenters. The lowest BCUT2D eigenvalue weighted by Crippen LogP contribution is -2.22. The minimum Gasteiger partial charge on any atom is -0.369 e. The highest BCUT2D eigenvalue weighted by atomic mass is 15.3. The second kappa shape index (κ2) is 5.85. The van der Waals surface area contributed by atoms with Crippen LogP contribution in [0.25, 0.3) is 0 Å². The van der Waals surface area contributed by atoms with E-state index in [1.807, 2.05) is 13.0 Å². The number of hydrogen-bond acceptors (Lipinski definition) is 2. The van der Waals surface area contributed by atoms with Gasteiger partial charge in [0, 0.05) is 0 Å². The van der Waals surface area contributed by atoms with Gasteiger partial charge in [0.05, 0.1) is 5.71 Å². The Balaban J connectivity index is 2.89. The van der Waals surface area contributed by atoms with Crippen LogP contribution in [0.5, 0.6) is 0 Å². The van der Waals surface area contributed by atoms with Gasteiger partial charge in [-0.05, 0) is 50.2 Å². The van der Waals surface area contributed by atoms with E-state index in [-0.39, 0.29) is 11.4 Å². The fourth-order valence-electron chi connectivity index (χ4n) is 2.38. The molecule has 0 atom stereocenters. The summed E-state index contributed by atoms with van der Waals surface area (Å²) in [5.74, 6) is -0.0175. The maximum Gasteiger partial charge on any atom is 0.211 e. The van der Waals surface area contributed by atoms with Crippen LogP contribution in [-0.2, 0) is 0 Å². The van der Waals surface area contributed by atoms with E-state index in [9.17, 15) is 0 Å². The molecule has 1 aliphatic rings. The van der Waals surface area contributed by atoms with Crippen molar-refractivity contribution < 1.29 is 0 Å². The third-order valence-electron chi connectivity index (χ3n) is 3.36. The van der Waals surface area contributed by atoms with Crippen molar-refractivity contribution in [2.75, 3.05) is 0 Å². The van der Waals surface area contributed by atoms with Gasteiger partial charge in [0.1, 0.15) is 0 Å². The van der Waals surface area contributed by atoms with Crippen LogP contribution in [0, 0.1) is 5.41 Å². The van der Waals surface area contributed by atoms with Crippen molar-refractivity contribution in [3.63, 3.8) is 0 Å². The third kappa shape index (κ3) is 4.02. The predicted molar refractivity (Wildman–Crippen MR) is 78.4 cm³/mol. The van der Waals surface area contributed by atoms with Gasteiger partial charge in [-0.15, -0.1) is 5.10 Å². The molecule has 0 aliphatic heterocycles. The summed E-state index contributed by atoms with van der Waals surface area (Å²) in [6.45, 7) is 8.67. The molecule has 0 aromatic heterocycles. The van der Waals surface area contributed by atoms with Crippen molar-refractivity contribution in [1.82, 2.24) is 0 Å². The summed E-state index contributed by atoms with van der Waals surface area (Å²) in [5, 5.41) is 7.56. The van der Waals surface area contributed by atoms with E-state index in [1.165, 1.54) is 30.4 Å². The largest absolute Gasteiger partial charge is 0.369 e. The van der Waals surface area contributed by atoms with Gasteiger partial charge < -0.3 is 11.5 Å². The Kier molecular flexibility index (Phi) is 4.70. The zero-order valence-electron chi connectivity index (χ0n) is 11.8. The van der Waals surface area contributed by atoms with Gasteiger partial charge in [-0.25, -0.2) is 0 Å². The van der Waals surface area contributed by atoms with Crippen LogP contribution >= 0.6 is 0 Å². The number of hydrogen-bond donors (Lipinski definition) is 2. The van der Waals surface area contributed by atoms with Crippen LogP contribution in [0.2, 0.25) is 0 Å². The highest BCUT2D eigenvalue weighted by Crippen LogP contribution is 2.40. The second-order valence-electron chi connectivity index (χ2n) is 5.53. The van der Waals surface area contributed by atoms with Gasteiger partial charge in [-0.3, -0.25) is 0 Å². The van der Waals surface area contributed by atoms with E-state index in [0.717, 1.165) is 5.71 Å². The van der Waals surface area contributed by atoms with Crippen molar-refractivity contribution in [3.8, 4) is 0 Å². The lowest BCUT2D eigenvalue weighted by Gasteiger charge is -2.32. The van der Waals surface area contributed by atoms with Crippen LogP contribution < -0.4 is 11.5 Å². The number of nitrogens with zero attached hydrogens (tertiary/aromatic N) is 2. The number of allylic oxidation sites excluding steroid dienone is 4. The van der Waals surface area contributed by atoms with E-state index in [0.29, 0.717) is 0 Å². The molecular weight excluding hydrogens is 224 g/mol. The molecule has 0 spiro atoms. The maximum absolute atomic E-state index is 5.23. The standard InChI is InChI=1S/C14H24N4/c1-10-6-5-9-14(3,4)12(10)8-7-11(2)17-18-13(15)16/h7-8H,5-6,9H2,1-4H3,(H4,15,16,18)/b8-7-,17-11+. The van der Waals surface area contributed by atoms with E-state index >= 15 is 0 Å². The van der Waals surface area contributed by atoms with Gasteiger partial charge in [-0.2, -0.15) is 5.10 Å². The number of rotatable bonds is 3. The topological polar surface area (TPSA) is 76.8 Å². The lowest BCUT2D eigenvalue weighted by molar-refractivity contribution is 0.377. The smallest absolute Gasteiger partial charge is 0.211 e. The predicted octanol–water partition coefficient (Wildman–Crippen LogP) is 2.72. The zero-order valence-corrected chi connectivity index (χ0v) is 11.8. The van der Waals surface area contributed by atoms with E-state index in [4.69, 9.17) is 11.5 Å². The first-order chi connectivity index (χ1) is 8.33. The minimum absolute atomic E-state index is 0.0175. The van der Waals surface area contributed by atoms with Crippen LogP contribution in [0.4, 0.5) is 0 Å². The molecule has 0 radical (unpaired) electrons. The normalized spacial score (nSPS) is 20.3. The van der Waals surface area contributed by atoms with Gasteiger partial charge in [0.15, 0.2) is 0 Å². The van der Waals surface area contributed by atoms with Gasteiger partial charge in [-0.1, -0.05) is 25.5 Å². The van der Waals surface area contributed by atoms with Crippen molar-refractivity contribution >= 4 is 11.7 Å². The van der Waals surface area contributed by atoms with Gasteiger partial charge in [0.25, 0.3) is 0 Å². The van der Waals surface area contributed by atoms with Crippen molar-refractivity contribution in [2.45, 2.75) is 47.0 Å². The summed E-state index contributed by atoms with van der Waals surface area (Å²) in [5.41, 5.74) is 14.4. The summed E-state index contributed by atoms with van der Waals surface area (Å²) in [6, 6.07) is 0. The third-order valence-corrected chi connectivity index (χ3v) is 3.36. The summed E-state index contributed by atoms with van der Waals surface area (Å²) in [7, 11) is 0. The Morgan fingerprint density at radius 2 is 1.94 bits per heavy atom. The van der Waals surface area contributed by atoms with E-state index < -0.39 is 0 Å². The highest BCUT2D eigenvalue weighted by molar-refractivity contribution is 5.93. The molecule has 4 nitrogen and oxygen atoms in total. The second-order valence-corrected chi connectivity index (χ2v) is 5.53. The average Bonchev–Trinajstić information content (AvgIpc) is 2.24. The summed E-state index contributed by atoms with van der Waals surface area (Å²) in [4.78, 5) is 0. The molecule has 0 amide bonds. The van der Waals surface area contributed by atoms with Crippen molar-refractivity contribution in [2.24, 2.45) is 27.1 Å². The molecule has 1 aliphatic carbocycles. The summed E-state index contributed by atoms with van der Waals surface area (Å²) in [6.07, 6.45) is 7.81. The SMILES string of the molecule is CC1=C(/C=C\C(C)=N\N=C(N)N)C(C)(C)CCC1. The minimum atomic E-state index is -0.0175. The van der Waals surface area contributed by atoms with E-state index in [1.54, 1.807) is 0 Å². The maximum atomic E-state index is 5.23. The molecular formula is C14H24N4. The van der Waals surface area contributed by atoms with Crippen molar-refractivity contribution in [3.05, 3.63) is 23.3 Å². The molecule has 4 N–H and O–H groups in total. The molecule has 0 fully saturated rings. The van der Waals surface area contributed by atoms with Crippen LogP contribution in [-0.4, -0.2) is 11.7 Å². The van der Waals surface area contributed by atoms with Crippen LogP contribution in [0.15, 0.2) is 33.5 Å². The zero-order chi connectivity index (χ0) is 13.8. The quantitative estimate of drug-likeness (QED) is 0.457. The fourth-order valence-corrected chi connectivity index (χ4v) is 2.38. The van der Waals surface area contributed by atoms with Crippen molar-refractivity contribution in [1.29, 1.82) is 0 Å². The molecule has 0 saturated carbocycles. The first kappa shape index (κ1) is 14.5. The Morgan fingerprint density at radius 1 is 1.28 bits per heavy atom. The fraction of sp³-hybridized carbons (Fsp3) is 0.571. The number of guanidine groups is 1. The Bertz CT molecular complexity index is 421. The van der Waals surface area contributed by atoms with Crippen LogP contribution in [0.3, 0.4) is 0 Å². The highest BCUT2D eigenvalue weighted by Gasteiger charge is 2.26. The lowest BCUT2D eigenvalue weighted by atomic mass is 9.72. The molecule has 4 heteroatoms. The summed E-state index contributed by atoms with van der Waals surface area (Å²) >= 11 is 0. The van der Waals surface area contributed by atoms with Gasteiger partial charge >= 0.3 is 0 Å². The molecule has 100 valence electrons. The van der Waals surface area contributed by atoms with Gasteiger partial charge in [0.2, 0.25) is 5.96 Å². The summed E-state index contributed by atoms with van der Waals surface area (Å²) < 4.78 is 0. The average molecular weight is 248 g/mol. The molecule has 0 heterocycles. The molecule has 18 heavy (non-hydrogen) atoms. The monoisotopic (exact) mass is 248 g/mol. The Morgan fingerprint density at radius 3 is 2.50 bits per heavy atom. The molecule has 1 rings (SSSR count). The van der Waals surface area contributed by atoms with Crippen LogP contribution in [0.1, 0.15) is 47.0 Å². The Hall–Kier alpha value is -1.58. The molecule has 0 saturated heterocycles. The number of nitrogens with two attached hydrogens (primary N) is 2. The molecule has 0 bridgehead atoms. The molecule has 0 aromatic carbocycles.